The van der Waals surface area contributed by atoms with Gasteiger partial charge in [0.05, 0.1) is 10.0 Å². The highest BCUT2D eigenvalue weighted by atomic mass is 35.5. The third-order valence-corrected chi connectivity index (χ3v) is 6.40. The molecule has 1 N–H and O–H groups in total. The molecule has 2 unspecified atom stereocenters. The highest BCUT2D eigenvalue weighted by molar-refractivity contribution is 7.74. The minimum Gasteiger partial charge on any atom is -0.435 e. The van der Waals surface area contributed by atoms with E-state index < -0.39 is 32.8 Å². The number of quaternary nitrogens is 1. The zero-order chi connectivity index (χ0) is 16.7. The van der Waals surface area contributed by atoms with Crippen molar-refractivity contribution in [1.29, 1.82) is 0 Å². The van der Waals surface area contributed by atoms with E-state index in [-0.39, 0.29) is 6.61 Å². The first-order chi connectivity index (χ1) is 10.1. The van der Waals surface area contributed by atoms with Gasteiger partial charge in [0, 0.05) is 6.42 Å². The molecule has 1 saturated heterocycles. The number of carboxylic acid groups (broad SMARTS) is 1. The van der Waals surface area contributed by atoms with Gasteiger partial charge in [0.2, 0.25) is 0 Å². The van der Waals surface area contributed by atoms with Crippen LogP contribution in [0.15, 0.2) is 18.2 Å². The molecule has 1 aromatic carbocycles. The van der Waals surface area contributed by atoms with Gasteiger partial charge in [-0.25, -0.2) is 4.18 Å². The maximum absolute atomic E-state index is 12.3. The third-order valence-electron chi connectivity index (χ3n) is 3.85. The topological polar surface area (TPSA) is 63.6 Å². The molecule has 0 bridgehead atoms. The fourth-order valence-electron chi connectivity index (χ4n) is 2.85. The molecule has 1 fully saturated rings. The first-order valence-electron chi connectivity index (χ1n) is 6.72. The van der Waals surface area contributed by atoms with Gasteiger partial charge in [0.15, 0.2) is 0 Å². The van der Waals surface area contributed by atoms with E-state index in [1.54, 1.807) is 39.0 Å². The lowest BCUT2D eigenvalue weighted by Gasteiger charge is -2.39. The lowest BCUT2D eigenvalue weighted by atomic mass is 9.99. The van der Waals surface area contributed by atoms with Crippen LogP contribution in [0, 0.1) is 0 Å². The summed E-state index contributed by atoms with van der Waals surface area (Å²) in [5.41, 5.74) is 0.0450. The molecule has 0 saturated carbocycles. The predicted molar refractivity (Wildman–Crippen MR) is 86.1 cm³/mol. The minimum atomic E-state index is -1.95. The van der Waals surface area contributed by atoms with E-state index in [0.29, 0.717) is 16.5 Å². The number of rotatable bonds is 2. The van der Waals surface area contributed by atoms with Crippen LogP contribution in [0.4, 0.5) is 4.79 Å². The van der Waals surface area contributed by atoms with Gasteiger partial charge in [0.1, 0.15) is 18.2 Å². The number of nitrogens with zero attached hydrogens (tertiary/aromatic N) is 1. The normalized spacial score (nSPS) is 28.8. The molecular weight excluding hydrogens is 349 g/mol. The molecule has 22 heavy (non-hydrogen) atoms. The van der Waals surface area contributed by atoms with Crippen molar-refractivity contribution in [1.82, 2.24) is 0 Å². The van der Waals surface area contributed by atoms with Crippen molar-refractivity contribution in [3.63, 3.8) is 0 Å². The van der Waals surface area contributed by atoms with E-state index in [0.717, 1.165) is 5.56 Å². The first-order valence-corrected chi connectivity index (χ1v) is 8.51. The van der Waals surface area contributed by atoms with Crippen molar-refractivity contribution < 1.29 is 22.2 Å². The second-order valence-electron chi connectivity index (χ2n) is 6.22. The van der Waals surface area contributed by atoms with Gasteiger partial charge in [-0.1, -0.05) is 29.3 Å². The Morgan fingerprint density at radius 1 is 1.41 bits per heavy atom. The molecule has 1 aromatic rings. The van der Waals surface area contributed by atoms with E-state index in [1.165, 1.54) is 0 Å². The summed E-state index contributed by atoms with van der Waals surface area (Å²) in [5, 5.41) is 10.6. The summed E-state index contributed by atoms with van der Waals surface area (Å²) in [4.78, 5) is 12.0. The Labute approximate surface area is 142 Å². The van der Waals surface area contributed by atoms with Crippen molar-refractivity contribution in [3.8, 4) is 0 Å². The fourth-order valence-corrected chi connectivity index (χ4v) is 4.56. The second kappa shape index (κ2) is 6.09. The lowest BCUT2D eigenvalue weighted by Crippen LogP contribution is -2.66. The molecule has 0 spiro atoms. The van der Waals surface area contributed by atoms with Gasteiger partial charge in [-0.05, 0) is 38.5 Å². The van der Waals surface area contributed by atoms with Crippen LogP contribution in [0.25, 0.3) is 0 Å². The highest BCUT2D eigenvalue weighted by Crippen LogP contribution is 2.39. The van der Waals surface area contributed by atoms with Crippen molar-refractivity contribution in [3.05, 3.63) is 33.8 Å². The van der Waals surface area contributed by atoms with Crippen LogP contribution in [0.1, 0.15) is 26.3 Å². The Morgan fingerprint density at radius 2 is 2.05 bits per heavy atom. The fraction of sp³-hybridized carbons (Fsp3) is 0.500. The molecule has 8 heteroatoms. The number of benzene rings is 1. The van der Waals surface area contributed by atoms with Crippen LogP contribution in [0.3, 0.4) is 0 Å². The van der Waals surface area contributed by atoms with Crippen molar-refractivity contribution in [2.45, 2.75) is 38.8 Å². The molecular formula is C14H18Cl2NO4S+. The number of halogens is 2. The summed E-state index contributed by atoms with van der Waals surface area (Å²) in [7, 11) is 0. The van der Waals surface area contributed by atoms with Crippen molar-refractivity contribution >= 4 is 40.6 Å². The maximum Gasteiger partial charge on any atom is 0.530 e. The van der Waals surface area contributed by atoms with Gasteiger partial charge in [0.25, 0.3) is 0 Å². The number of amides is 1. The molecule has 0 aromatic heterocycles. The molecule has 2 rings (SSSR count). The zero-order valence-corrected chi connectivity index (χ0v) is 14.8. The van der Waals surface area contributed by atoms with Crippen LogP contribution in [0.5, 0.6) is 0 Å². The standard InChI is InChI=1S/C14H17Cl2NO4S/c1-14(2,3)17(13(18)19)10(8-21-22(17)20)6-9-4-5-11(15)12(16)7-9/h4-5,7,10H,6,8H2,1-3H3/p+1/t10-,17?,22?/m0/s1. The van der Waals surface area contributed by atoms with Crippen LogP contribution in [-0.4, -0.2) is 37.5 Å². The Bertz CT molecular complexity index is 632. The number of hydrogen-bond donors (Lipinski definition) is 1. The van der Waals surface area contributed by atoms with Crippen molar-refractivity contribution in [2.24, 2.45) is 0 Å². The average molecular weight is 367 g/mol. The maximum atomic E-state index is 12.3. The Hall–Kier alpha value is -0.660. The van der Waals surface area contributed by atoms with Gasteiger partial charge in [-0.15, -0.1) is 3.89 Å². The third kappa shape index (κ3) is 2.78. The zero-order valence-electron chi connectivity index (χ0n) is 12.5. The van der Waals surface area contributed by atoms with E-state index >= 15 is 0 Å². The van der Waals surface area contributed by atoms with Crippen molar-refractivity contribution in [2.75, 3.05) is 6.61 Å². The smallest absolute Gasteiger partial charge is 0.435 e. The molecule has 1 amide bonds. The van der Waals surface area contributed by atoms with Crippen LogP contribution in [-0.2, 0) is 21.9 Å². The minimum absolute atomic E-state index is 0.108. The van der Waals surface area contributed by atoms with Crippen LogP contribution < -0.4 is 0 Å². The summed E-state index contributed by atoms with van der Waals surface area (Å²) in [6.45, 7) is 5.34. The summed E-state index contributed by atoms with van der Waals surface area (Å²) < 4.78 is 16.9. The molecule has 5 nitrogen and oxygen atoms in total. The summed E-state index contributed by atoms with van der Waals surface area (Å²) in [6, 6.07) is 4.67. The first kappa shape index (κ1) is 17.7. The summed E-state index contributed by atoms with van der Waals surface area (Å²) >= 11 is 9.95. The molecule has 3 atom stereocenters. The number of hydrogen-bond acceptors (Lipinski definition) is 3. The van der Waals surface area contributed by atoms with Gasteiger partial charge < -0.3 is 5.11 Å². The Morgan fingerprint density at radius 3 is 2.55 bits per heavy atom. The van der Waals surface area contributed by atoms with E-state index in [4.69, 9.17) is 27.4 Å². The average Bonchev–Trinajstić information content (AvgIpc) is 2.71. The molecule has 0 radical (unpaired) electrons. The molecule has 0 aliphatic carbocycles. The largest absolute Gasteiger partial charge is 0.530 e. The molecule has 122 valence electrons. The molecule has 1 aliphatic rings. The SMILES string of the molecule is CC(C)(C)[N+]1(C(=O)O)[C@@H](Cc2ccc(Cl)c(Cl)c2)COS1=O. The van der Waals surface area contributed by atoms with E-state index in [2.05, 4.69) is 0 Å². The predicted octanol–water partition coefficient (Wildman–Crippen LogP) is 3.81. The van der Waals surface area contributed by atoms with Crippen LogP contribution in [0.2, 0.25) is 10.0 Å². The van der Waals surface area contributed by atoms with Gasteiger partial charge >= 0.3 is 17.4 Å². The summed E-state index contributed by atoms with van der Waals surface area (Å²) in [5.74, 6) is 0. The molecule has 1 heterocycles. The Kier molecular flexibility index (Phi) is 4.90. The Balaban J connectivity index is 2.42. The highest BCUT2D eigenvalue weighted by Gasteiger charge is 2.64. The summed E-state index contributed by atoms with van der Waals surface area (Å²) in [6.07, 6.45) is -0.778. The van der Waals surface area contributed by atoms with E-state index in [9.17, 15) is 14.1 Å². The monoisotopic (exact) mass is 366 g/mol. The van der Waals surface area contributed by atoms with Crippen LogP contribution >= 0.6 is 23.2 Å². The van der Waals surface area contributed by atoms with Gasteiger partial charge in [-0.3, -0.25) is 0 Å². The lowest BCUT2D eigenvalue weighted by molar-refractivity contribution is -0.799. The molecule has 1 aliphatic heterocycles. The van der Waals surface area contributed by atoms with E-state index in [1.807, 2.05) is 0 Å². The van der Waals surface area contributed by atoms with Gasteiger partial charge in [-0.2, -0.15) is 9.00 Å². The second-order valence-corrected chi connectivity index (χ2v) is 8.28. The number of carbonyl (C=O) groups is 1. The quantitative estimate of drug-likeness (QED) is 0.808.